The molecule has 6 heteroatoms. The molecule has 0 aliphatic carbocycles. The molecule has 0 aromatic heterocycles. The van der Waals surface area contributed by atoms with Gasteiger partial charge in [0.15, 0.2) is 34.7 Å². The monoisotopic (exact) mass is 258 g/mol. The molecule has 0 radical (unpaired) electrons. The van der Waals surface area contributed by atoms with Crippen molar-refractivity contribution in [3.8, 4) is 0 Å². The SMILES string of the molecule is Cl.Cl.Cl.[AlH3].[AlH3].[Zr]. The molecule has 0 rings (SSSR count). The standard InChI is InChI=1S/2Al.3ClH.Zr.6H/h;;3*1H;;;;;;;. The number of rotatable bonds is 0. The molecule has 40 valence electrons. The van der Waals surface area contributed by atoms with E-state index in [0.29, 0.717) is 0 Å². The van der Waals surface area contributed by atoms with E-state index in [9.17, 15) is 0 Å². The van der Waals surface area contributed by atoms with Crippen molar-refractivity contribution in [3.05, 3.63) is 0 Å². The maximum Gasteiger partial charge on any atom is 0.187 e. The summed E-state index contributed by atoms with van der Waals surface area (Å²) in [4.78, 5) is 0. The van der Waals surface area contributed by atoms with Gasteiger partial charge in [-0.05, 0) is 0 Å². The van der Waals surface area contributed by atoms with Gasteiger partial charge in [0.25, 0.3) is 0 Å². The second-order valence-electron chi connectivity index (χ2n) is 0. The molecule has 0 N–H and O–H groups in total. The summed E-state index contributed by atoms with van der Waals surface area (Å²) in [5.41, 5.74) is 0. The molecule has 0 aliphatic heterocycles. The normalized spacial score (nSPS) is 0. The fraction of sp³-hybridized carbons (Fsp3) is 0. The molecule has 0 bridgehead atoms. The van der Waals surface area contributed by atoms with Crippen LogP contribution in [0.15, 0.2) is 0 Å². The minimum Gasteiger partial charge on any atom is -0.147 e. The van der Waals surface area contributed by atoms with Crippen molar-refractivity contribution < 1.29 is 26.2 Å². The summed E-state index contributed by atoms with van der Waals surface area (Å²) in [6.45, 7) is 0. The van der Waals surface area contributed by atoms with Crippen LogP contribution in [-0.2, 0) is 26.2 Å². The number of halogens is 3. The molecule has 0 saturated carbocycles. The second-order valence-corrected chi connectivity index (χ2v) is 0. The molecule has 0 spiro atoms. The van der Waals surface area contributed by atoms with Crippen LogP contribution in [0.25, 0.3) is 0 Å². The minimum absolute atomic E-state index is 0. The van der Waals surface area contributed by atoms with Crippen molar-refractivity contribution in [2.75, 3.05) is 0 Å². The molecule has 0 atom stereocenters. The van der Waals surface area contributed by atoms with E-state index in [4.69, 9.17) is 0 Å². The van der Waals surface area contributed by atoms with Crippen LogP contribution in [0.4, 0.5) is 0 Å². The Hall–Kier alpha value is 2.82. The molecule has 0 aromatic rings. The molecular formula is H9Al2Cl3Zr. The van der Waals surface area contributed by atoms with E-state index < -0.39 is 0 Å². The fourth-order valence-electron chi connectivity index (χ4n) is 0. The summed E-state index contributed by atoms with van der Waals surface area (Å²) in [6.07, 6.45) is 0. The molecule has 6 heavy (non-hydrogen) atoms. The molecule has 0 amide bonds. The second kappa shape index (κ2) is 45.8. The Kier molecular flexibility index (Phi) is 518. The fourth-order valence-corrected chi connectivity index (χ4v) is 0. The predicted molar refractivity (Wildman–Crippen MR) is 41.6 cm³/mol. The predicted octanol–water partition coefficient (Wildman–Crippen LogP) is -1.10. The van der Waals surface area contributed by atoms with Crippen LogP contribution in [-0.4, -0.2) is 34.7 Å². The number of hydrogen-bond donors (Lipinski definition) is 0. The van der Waals surface area contributed by atoms with Crippen LogP contribution in [0, 0.1) is 0 Å². The molecule has 0 saturated heterocycles. The summed E-state index contributed by atoms with van der Waals surface area (Å²) in [6, 6.07) is 0. The van der Waals surface area contributed by atoms with Crippen LogP contribution in [0.2, 0.25) is 0 Å². The maximum atomic E-state index is 0. The summed E-state index contributed by atoms with van der Waals surface area (Å²) in [5.74, 6) is 0. The first kappa shape index (κ1) is 67.9. The average molecular weight is 261 g/mol. The van der Waals surface area contributed by atoms with Crippen molar-refractivity contribution in [1.29, 1.82) is 0 Å². The van der Waals surface area contributed by atoms with Gasteiger partial charge < -0.3 is 0 Å². The van der Waals surface area contributed by atoms with Crippen LogP contribution >= 0.6 is 37.2 Å². The molecular weight excluding hydrogens is 252 g/mol. The zero-order valence-corrected chi connectivity index (χ0v) is 6.63. The van der Waals surface area contributed by atoms with E-state index in [1.165, 1.54) is 0 Å². The zero-order valence-electron chi connectivity index (χ0n) is 1.72. The van der Waals surface area contributed by atoms with Gasteiger partial charge in [-0.1, -0.05) is 0 Å². The van der Waals surface area contributed by atoms with Gasteiger partial charge in [-0.2, -0.15) is 0 Å². The van der Waals surface area contributed by atoms with Gasteiger partial charge in [0, 0.05) is 26.2 Å². The van der Waals surface area contributed by atoms with Crippen molar-refractivity contribution in [1.82, 2.24) is 0 Å². The van der Waals surface area contributed by atoms with Crippen molar-refractivity contribution in [2.24, 2.45) is 0 Å². The number of hydrogen-bond acceptors (Lipinski definition) is 0. The van der Waals surface area contributed by atoms with Crippen LogP contribution in [0.5, 0.6) is 0 Å². The average Bonchev–Trinajstić information content (AvgIpc) is 0. The largest absolute Gasteiger partial charge is 0.187 e. The van der Waals surface area contributed by atoms with E-state index in [2.05, 4.69) is 0 Å². The first-order valence-corrected chi connectivity index (χ1v) is 0. The van der Waals surface area contributed by atoms with Gasteiger partial charge in [0.1, 0.15) is 0 Å². The van der Waals surface area contributed by atoms with Crippen molar-refractivity contribution in [2.45, 2.75) is 0 Å². The van der Waals surface area contributed by atoms with Crippen molar-refractivity contribution >= 4 is 71.9 Å². The third-order valence-electron chi connectivity index (χ3n) is 0. The Morgan fingerprint density at radius 1 is 0.500 bits per heavy atom. The van der Waals surface area contributed by atoms with E-state index in [-0.39, 0.29) is 98.1 Å². The van der Waals surface area contributed by atoms with E-state index in [1.807, 2.05) is 0 Å². The first-order chi connectivity index (χ1) is 0. The summed E-state index contributed by atoms with van der Waals surface area (Å²) < 4.78 is 0. The summed E-state index contributed by atoms with van der Waals surface area (Å²) in [7, 11) is 0. The first-order valence-electron chi connectivity index (χ1n) is 0. The smallest absolute Gasteiger partial charge is 0.147 e. The Balaban J connectivity index is 0. The quantitative estimate of drug-likeness (QED) is 0.485. The van der Waals surface area contributed by atoms with Gasteiger partial charge in [-0.3, -0.25) is 0 Å². The molecule has 0 heterocycles. The van der Waals surface area contributed by atoms with Gasteiger partial charge in [0.05, 0.1) is 0 Å². The topological polar surface area (TPSA) is 0 Å². The molecule has 0 aromatic carbocycles. The van der Waals surface area contributed by atoms with Gasteiger partial charge >= 0.3 is 0 Å². The van der Waals surface area contributed by atoms with Crippen LogP contribution < -0.4 is 0 Å². The summed E-state index contributed by atoms with van der Waals surface area (Å²) >= 11 is 0. The Labute approximate surface area is 96.8 Å². The van der Waals surface area contributed by atoms with E-state index >= 15 is 0 Å². The van der Waals surface area contributed by atoms with Crippen molar-refractivity contribution in [3.63, 3.8) is 0 Å². The van der Waals surface area contributed by atoms with Crippen LogP contribution in [0.3, 0.4) is 0 Å². The van der Waals surface area contributed by atoms with E-state index in [1.54, 1.807) is 0 Å². The Morgan fingerprint density at radius 3 is 0.500 bits per heavy atom. The van der Waals surface area contributed by atoms with Crippen LogP contribution in [0.1, 0.15) is 0 Å². The molecule has 0 unspecified atom stereocenters. The molecule has 0 fully saturated rings. The van der Waals surface area contributed by atoms with Gasteiger partial charge in [-0.25, -0.2) is 0 Å². The zero-order chi connectivity index (χ0) is 0. The maximum absolute atomic E-state index is 0. The summed E-state index contributed by atoms with van der Waals surface area (Å²) in [5, 5.41) is 0. The minimum atomic E-state index is 0. The Morgan fingerprint density at radius 2 is 0.500 bits per heavy atom. The third-order valence-corrected chi connectivity index (χ3v) is 0. The van der Waals surface area contributed by atoms with Gasteiger partial charge in [0.2, 0.25) is 0 Å². The van der Waals surface area contributed by atoms with Gasteiger partial charge in [-0.15, -0.1) is 37.2 Å². The molecule has 0 aliphatic rings. The Bertz CT molecular complexity index is 8.75. The van der Waals surface area contributed by atoms with E-state index in [0.717, 1.165) is 0 Å². The molecule has 0 nitrogen and oxygen atoms in total. The third kappa shape index (κ3) is 29.1.